The molecule has 0 bridgehead atoms. The number of hydrogen-bond donors (Lipinski definition) is 1. The molecule has 5 nitrogen and oxygen atoms in total. The minimum absolute atomic E-state index is 0.269. The molecule has 4 rings (SSSR count). The number of anilines is 1. The Labute approximate surface area is 178 Å². The first kappa shape index (κ1) is 19.4. The summed E-state index contributed by atoms with van der Waals surface area (Å²) in [6.45, 7) is 0. The molecular weight excluding hydrogens is 394 g/mol. The van der Waals surface area contributed by atoms with Gasteiger partial charge < -0.3 is 4.74 Å². The Kier molecular flexibility index (Phi) is 5.55. The van der Waals surface area contributed by atoms with Crippen LogP contribution < -0.4 is 10.1 Å². The van der Waals surface area contributed by atoms with Crippen LogP contribution in [0.25, 0.3) is 22.4 Å². The normalized spacial score (nSPS) is 10.3. The zero-order valence-corrected chi connectivity index (χ0v) is 16.9. The summed E-state index contributed by atoms with van der Waals surface area (Å²) in [5, 5.41) is 14.7. The van der Waals surface area contributed by atoms with Gasteiger partial charge in [-0.25, -0.2) is 4.98 Å². The number of hydrogen-bond acceptors (Lipinski definition) is 5. The molecule has 0 aliphatic carbocycles. The molecule has 0 radical (unpaired) electrons. The third-order valence-electron chi connectivity index (χ3n) is 4.62. The van der Waals surface area contributed by atoms with Crippen molar-refractivity contribution in [2.24, 2.45) is 0 Å². The quantitative estimate of drug-likeness (QED) is 0.463. The highest BCUT2D eigenvalue weighted by Gasteiger charge is 2.16. The largest absolute Gasteiger partial charge is 0.497 e. The summed E-state index contributed by atoms with van der Waals surface area (Å²) < 4.78 is 5.18. The second-order valence-electron chi connectivity index (χ2n) is 6.42. The predicted molar refractivity (Wildman–Crippen MR) is 119 cm³/mol. The summed E-state index contributed by atoms with van der Waals surface area (Å²) in [7, 11) is 1.62. The van der Waals surface area contributed by atoms with Crippen molar-refractivity contribution < 1.29 is 9.53 Å². The van der Waals surface area contributed by atoms with Crippen molar-refractivity contribution in [3.8, 4) is 34.2 Å². The van der Waals surface area contributed by atoms with Gasteiger partial charge in [-0.15, -0.1) is 11.3 Å². The number of rotatable bonds is 5. The van der Waals surface area contributed by atoms with Crippen molar-refractivity contribution in [2.75, 3.05) is 12.4 Å². The fourth-order valence-electron chi connectivity index (χ4n) is 3.12. The molecule has 0 saturated heterocycles. The van der Waals surface area contributed by atoms with E-state index in [1.54, 1.807) is 31.4 Å². The van der Waals surface area contributed by atoms with Crippen LogP contribution in [0.5, 0.6) is 5.75 Å². The maximum Gasteiger partial charge on any atom is 0.258 e. The molecule has 1 aromatic heterocycles. The first-order chi connectivity index (χ1) is 14.7. The summed E-state index contributed by atoms with van der Waals surface area (Å²) in [5.74, 6) is 0.505. The Hall–Kier alpha value is -3.95. The summed E-state index contributed by atoms with van der Waals surface area (Å²) in [6, 6.07) is 24.3. The number of ether oxygens (including phenoxy) is 1. The lowest BCUT2D eigenvalue weighted by Gasteiger charge is -2.10. The molecule has 0 unspecified atom stereocenters. The van der Waals surface area contributed by atoms with Crippen molar-refractivity contribution in [3.05, 3.63) is 89.3 Å². The fraction of sp³-hybridized carbons (Fsp3) is 0.0417. The minimum atomic E-state index is -0.269. The average molecular weight is 411 g/mol. The molecule has 1 N–H and O–H groups in total. The van der Waals surface area contributed by atoms with Crippen LogP contribution in [-0.2, 0) is 0 Å². The van der Waals surface area contributed by atoms with Gasteiger partial charge in [0.2, 0.25) is 0 Å². The first-order valence-corrected chi connectivity index (χ1v) is 10.1. The van der Waals surface area contributed by atoms with Crippen LogP contribution >= 0.6 is 11.3 Å². The van der Waals surface area contributed by atoms with Crippen molar-refractivity contribution in [1.29, 1.82) is 5.26 Å². The number of benzene rings is 3. The van der Waals surface area contributed by atoms with Gasteiger partial charge in [-0.1, -0.05) is 36.4 Å². The van der Waals surface area contributed by atoms with Crippen LogP contribution in [0, 0.1) is 11.3 Å². The van der Waals surface area contributed by atoms with E-state index < -0.39 is 0 Å². The standard InChI is InChI=1S/C24H17N3O2S/c1-29-18-12-10-16(11-13-18)22-15-30-24(26-22)27-23(28)21-9-5-4-8-20(21)19-7-3-2-6-17(19)14-25/h2-13,15H,1H3,(H,26,27,28). The first-order valence-electron chi connectivity index (χ1n) is 9.19. The maximum atomic E-state index is 13.0. The molecule has 4 aromatic rings. The van der Waals surface area contributed by atoms with Gasteiger partial charge in [0.25, 0.3) is 5.91 Å². The van der Waals surface area contributed by atoms with Gasteiger partial charge in [-0.2, -0.15) is 5.26 Å². The van der Waals surface area contributed by atoms with Crippen molar-refractivity contribution in [3.63, 3.8) is 0 Å². The molecule has 0 fully saturated rings. The van der Waals surface area contributed by atoms with E-state index in [1.807, 2.05) is 53.9 Å². The lowest BCUT2D eigenvalue weighted by atomic mass is 9.95. The number of nitrogens with one attached hydrogen (secondary N) is 1. The number of aromatic nitrogens is 1. The van der Waals surface area contributed by atoms with Crippen LogP contribution in [0.1, 0.15) is 15.9 Å². The van der Waals surface area contributed by atoms with Gasteiger partial charge in [-0.3, -0.25) is 10.1 Å². The van der Waals surface area contributed by atoms with E-state index >= 15 is 0 Å². The van der Waals surface area contributed by atoms with Crippen LogP contribution in [-0.4, -0.2) is 18.0 Å². The van der Waals surface area contributed by atoms with Gasteiger partial charge >= 0.3 is 0 Å². The van der Waals surface area contributed by atoms with Crippen LogP contribution in [0.3, 0.4) is 0 Å². The fourth-order valence-corrected chi connectivity index (χ4v) is 3.84. The highest BCUT2D eigenvalue weighted by molar-refractivity contribution is 7.14. The number of amides is 1. The van der Waals surface area contributed by atoms with Gasteiger partial charge in [0.15, 0.2) is 5.13 Å². The van der Waals surface area contributed by atoms with Gasteiger partial charge in [0.1, 0.15) is 5.75 Å². The lowest BCUT2D eigenvalue weighted by molar-refractivity contribution is 0.102. The number of carbonyl (C=O) groups is 1. The van der Waals surface area contributed by atoms with Crippen LogP contribution in [0.2, 0.25) is 0 Å². The van der Waals surface area contributed by atoms with Crippen molar-refractivity contribution in [2.45, 2.75) is 0 Å². The molecule has 3 aromatic carbocycles. The molecule has 30 heavy (non-hydrogen) atoms. The second kappa shape index (κ2) is 8.60. The number of nitriles is 1. The number of carbonyl (C=O) groups excluding carboxylic acids is 1. The molecule has 1 heterocycles. The monoisotopic (exact) mass is 411 g/mol. The number of methoxy groups -OCH3 is 1. The van der Waals surface area contributed by atoms with E-state index in [0.29, 0.717) is 21.8 Å². The predicted octanol–water partition coefficient (Wildman–Crippen LogP) is 5.61. The van der Waals surface area contributed by atoms with E-state index in [1.165, 1.54) is 11.3 Å². The summed E-state index contributed by atoms with van der Waals surface area (Å²) in [6.07, 6.45) is 0. The molecule has 6 heteroatoms. The topological polar surface area (TPSA) is 75.0 Å². The smallest absolute Gasteiger partial charge is 0.258 e. The Morgan fingerprint density at radius 1 is 1.00 bits per heavy atom. The van der Waals surface area contributed by atoms with E-state index in [4.69, 9.17) is 4.74 Å². The Balaban J connectivity index is 1.60. The van der Waals surface area contributed by atoms with Crippen LogP contribution in [0.15, 0.2) is 78.2 Å². The highest BCUT2D eigenvalue weighted by Crippen LogP contribution is 2.29. The highest BCUT2D eigenvalue weighted by atomic mass is 32.1. The van der Waals surface area contributed by atoms with Gasteiger partial charge in [0, 0.05) is 22.1 Å². The average Bonchev–Trinajstić information content (AvgIpc) is 3.27. The maximum absolute atomic E-state index is 13.0. The molecule has 146 valence electrons. The Morgan fingerprint density at radius 2 is 1.70 bits per heavy atom. The Morgan fingerprint density at radius 3 is 2.43 bits per heavy atom. The van der Waals surface area contributed by atoms with Gasteiger partial charge in [0.05, 0.1) is 24.4 Å². The third-order valence-corrected chi connectivity index (χ3v) is 5.38. The van der Waals surface area contributed by atoms with Crippen molar-refractivity contribution >= 4 is 22.4 Å². The number of nitrogens with zero attached hydrogens (tertiary/aromatic N) is 2. The minimum Gasteiger partial charge on any atom is -0.497 e. The Bertz CT molecular complexity index is 1240. The number of thiazole rings is 1. The van der Waals surface area contributed by atoms with E-state index in [9.17, 15) is 10.1 Å². The molecule has 0 spiro atoms. The third kappa shape index (κ3) is 3.93. The van der Waals surface area contributed by atoms with E-state index in [0.717, 1.165) is 22.6 Å². The molecule has 0 saturated carbocycles. The molecule has 0 aliphatic heterocycles. The molecule has 1 amide bonds. The van der Waals surface area contributed by atoms with Gasteiger partial charge in [-0.05, 0) is 42.0 Å². The molecular formula is C24H17N3O2S. The van der Waals surface area contributed by atoms with E-state index in [2.05, 4.69) is 16.4 Å². The molecule has 0 atom stereocenters. The zero-order chi connectivity index (χ0) is 20.9. The SMILES string of the molecule is COc1ccc(-c2csc(NC(=O)c3ccccc3-c3ccccc3C#N)n2)cc1. The summed E-state index contributed by atoms with van der Waals surface area (Å²) >= 11 is 1.36. The summed E-state index contributed by atoms with van der Waals surface area (Å²) in [5.41, 5.74) is 4.16. The molecule has 0 aliphatic rings. The summed E-state index contributed by atoms with van der Waals surface area (Å²) in [4.78, 5) is 17.5. The second-order valence-corrected chi connectivity index (χ2v) is 7.28. The zero-order valence-electron chi connectivity index (χ0n) is 16.1. The van der Waals surface area contributed by atoms with Crippen LogP contribution in [0.4, 0.5) is 5.13 Å². The van der Waals surface area contributed by atoms with Crippen molar-refractivity contribution in [1.82, 2.24) is 4.98 Å². The van der Waals surface area contributed by atoms with E-state index in [-0.39, 0.29) is 5.91 Å². The lowest BCUT2D eigenvalue weighted by Crippen LogP contribution is -2.13.